The molecule has 19 heavy (non-hydrogen) atoms. The first-order valence-corrected chi connectivity index (χ1v) is 6.30. The molecule has 0 bridgehead atoms. The molecule has 2 aromatic carbocycles. The molecule has 0 heterocycles. The van der Waals surface area contributed by atoms with E-state index in [9.17, 15) is 8.78 Å². The highest BCUT2D eigenvalue weighted by molar-refractivity contribution is 6.31. The number of benzene rings is 2. The third kappa shape index (κ3) is 3.31. The Hall–Kier alpha value is -1.45. The molecule has 0 aliphatic carbocycles. The second-order valence-electron chi connectivity index (χ2n) is 4.55. The summed E-state index contributed by atoms with van der Waals surface area (Å²) in [5.74, 6) is -1.16. The fourth-order valence-corrected chi connectivity index (χ4v) is 2.07. The number of aryl methyl sites for hydroxylation is 1. The van der Waals surface area contributed by atoms with Crippen molar-refractivity contribution in [2.75, 3.05) is 0 Å². The highest BCUT2D eigenvalue weighted by Crippen LogP contribution is 2.23. The summed E-state index contributed by atoms with van der Waals surface area (Å²) in [4.78, 5) is 0. The molecule has 0 fully saturated rings. The van der Waals surface area contributed by atoms with Crippen LogP contribution in [0.15, 0.2) is 36.4 Å². The minimum atomic E-state index is -0.590. The van der Waals surface area contributed by atoms with Gasteiger partial charge in [0, 0.05) is 17.1 Å². The van der Waals surface area contributed by atoms with Gasteiger partial charge in [-0.05, 0) is 42.2 Å². The van der Waals surface area contributed by atoms with Gasteiger partial charge in [0.2, 0.25) is 0 Å². The van der Waals surface area contributed by atoms with E-state index in [1.54, 1.807) is 6.07 Å². The third-order valence-electron chi connectivity index (χ3n) is 3.08. The second kappa shape index (κ2) is 5.68. The summed E-state index contributed by atoms with van der Waals surface area (Å²) in [5, 5.41) is 0.632. The van der Waals surface area contributed by atoms with Gasteiger partial charge in [-0.25, -0.2) is 8.78 Å². The Morgan fingerprint density at radius 2 is 1.89 bits per heavy atom. The van der Waals surface area contributed by atoms with Crippen molar-refractivity contribution in [3.05, 3.63) is 69.7 Å². The lowest BCUT2D eigenvalue weighted by molar-refractivity contribution is 0.563. The lowest BCUT2D eigenvalue weighted by Crippen LogP contribution is -2.14. The Labute approximate surface area is 116 Å². The van der Waals surface area contributed by atoms with Crippen LogP contribution in [0.2, 0.25) is 5.02 Å². The van der Waals surface area contributed by atoms with E-state index in [2.05, 4.69) is 0 Å². The molecule has 2 aromatic rings. The van der Waals surface area contributed by atoms with Crippen LogP contribution in [0.3, 0.4) is 0 Å². The summed E-state index contributed by atoms with van der Waals surface area (Å²) < 4.78 is 26.4. The van der Waals surface area contributed by atoms with E-state index in [4.69, 9.17) is 17.3 Å². The van der Waals surface area contributed by atoms with Gasteiger partial charge in [0.1, 0.15) is 11.6 Å². The Morgan fingerprint density at radius 1 is 1.16 bits per heavy atom. The molecule has 0 aliphatic rings. The van der Waals surface area contributed by atoms with Crippen molar-refractivity contribution in [3.8, 4) is 0 Å². The van der Waals surface area contributed by atoms with E-state index in [1.807, 2.05) is 19.1 Å². The zero-order chi connectivity index (χ0) is 14.0. The number of halogens is 3. The van der Waals surface area contributed by atoms with E-state index in [0.717, 1.165) is 17.2 Å². The molecule has 4 heteroatoms. The van der Waals surface area contributed by atoms with Crippen LogP contribution < -0.4 is 5.73 Å². The molecule has 1 nitrogen and oxygen atoms in total. The van der Waals surface area contributed by atoms with Crippen molar-refractivity contribution in [2.24, 2.45) is 5.73 Å². The van der Waals surface area contributed by atoms with E-state index in [0.29, 0.717) is 17.0 Å². The van der Waals surface area contributed by atoms with Crippen LogP contribution >= 0.6 is 11.6 Å². The predicted octanol–water partition coefficient (Wildman–Crippen LogP) is 4.17. The van der Waals surface area contributed by atoms with Gasteiger partial charge in [-0.15, -0.1) is 0 Å². The van der Waals surface area contributed by atoms with E-state index >= 15 is 0 Å². The van der Waals surface area contributed by atoms with Crippen molar-refractivity contribution >= 4 is 11.6 Å². The number of hydrogen-bond donors (Lipinski definition) is 1. The van der Waals surface area contributed by atoms with Crippen molar-refractivity contribution in [1.29, 1.82) is 0 Å². The fourth-order valence-electron chi connectivity index (χ4n) is 1.88. The highest BCUT2D eigenvalue weighted by atomic mass is 35.5. The maximum absolute atomic E-state index is 13.5. The maximum Gasteiger partial charge on any atom is 0.129 e. The Bertz CT molecular complexity index is 599. The Morgan fingerprint density at radius 3 is 2.53 bits per heavy atom. The van der Waals surface area contributed by atoms with Crippen LogP contribution in [0, 0.1) is 18.6 Å². The number of nitrogens with two attached hydrogens (primary N) is 1. The minimum Gasteiger partial charge on any atom is -0.324 e. The molecule has 1 atom stereocenters. The minimum absolute atomic E-state index is 0.297. The highest BCUT2D eigenvalue weighted by Gasteiger charge is 2.12. The van der Waals surface area contributed by atoms with Gasteiger partial charge in [0.05, 0.1) is 0 Å². The SMILES string of the molecule is Cc1ccc(C(N)Cc2ccc(F)cc2F)cc1Cl. The van der Waals surface area contributed by atoms with Crippen molar-refractivity contribution in [3.63, 3.8) is 0 Å². The van der Waals surface area contributed by atoms with Gasteiger partial charge in [-0.3, -0.25) is 0 Å². The summed E-state index contributed by atoms with van der Waals surface area (Å²) in [6, 6.07) is 8.66. The van der Waals surface area contributed by atoms with Crippen LogP contribution in [0.1, 0.15) is 22.7 Å². The van der Waals surface area contributed by atoms with Crippen LogP contribution in [-0.4, -0.2) is 0 Å². The van der Waals surface area contributed by atoms with Crippen LogP contribution in [0.25, 0.3) is 0 Å². The molecule has 0 amide bonds. The summed E-state index contributed by atoms with van der Waals surface area (Å²) in [7, 11) is 0. The van der Waals surface area contributed by atoms with Crippen molar-refractivity contribution in [2.45, 2.75) is 19.4 Å². The summed E-state index contributed by atoms with van der Waals surface area (Å²) in [6.45, 7) is 1.90. The van der Waals surface area contributed by atoms with Gasteiger partial charge >= 0.3 is 0 Å². The van der Waals surface area contributed by atoms with Crippen LogP contribution in [0.5, 0.6) is 0 Å². The molecule has 1 unspecified atom stereocenters. The summed E-state index contributed by atoms with van der Waals surface area (Å²) in [5.41, 5.74) is 8.22. The quantitative estimate of drug-likeness (QED) is 0.898. The molecule has 0 saturated carbocycles. The van der Waals surface area contributed by atoms with Gasteiger partial charge in [0.25, 0.3) is 0 Å². The first kappa shape index (κ1) is 14.0. The normalized spacial score (nSPS) is 12.5. The van der Waals surface area contributed by atoms with E-state index in [-0.39, 0.29) is 6.04 Å². The average molecular weight is 282 g/mol. The maximum atomic E-state index is 13.5. The average Bonchev–Trinajstić information content (AvgIpc) is 2.36. The molecule has 0 saturated heterocycles. The lowest BCUT2D eigenvalue weighted by Gasteiger charge is -2.14. The molecule has 0 aliphatic heterocycles. The molecule has 2 N–H and O–H groups in total. The van der Waals surface area contributed by atoms with E-state index in [1.165, 1.54) is 12.1 Å². The van der Waals surface area contributed by atoms with Crippen LogP contribution in [-0.2, 0) is 6.42 Å². The van der Waals surface area contributed by atoms with Gasteiger partial charge < -0.3 is 5.73 Å². The fraction of sp³-hybridized carbons (Fsp3) is 0.200. The molecule has 0 radical (unpaired) electrons. The number of rotatable bonds is 3. The zero-order valence-electron chi connectivity index (χ0n) is 10.5. The molecular weight excluding hydrogens is 268 g/mol. The molecule has 0 spiro atoms. The number of hydrogen-bond acceptors (Lipinski definition) is 1. The standard InChI is InChI=1S/C15H14ClF2N/c1-9-2-3-11(6-13(9)16)15(19)7-10-4-5-12(17)8-14(10)18/h2-6,8,15H,7,19H2,1H3. The summed E-state index contributed by atoms with van der Waals surface area (Å²) in [6.07, 6.45) is 0.297. The second-order valence-corrected chi connectivity index (χ2v) is 4.96. The lowest BCUT2D eigenvalue weighted by atomic mass is 9.98. The predicted molar refractivity (Wildman–Crippen MR) is 73.2 cm³/mol. The van der Waals surface area contributed by atoms with Gasteiger partial charge in [0.15, 0.2) is 0 Å². The topological polar surface area (TPSA) is 26.0 Å². The van der Waals surface area contributed by atoms with Crippen molar-refractivity contribution < 1.29 is 8.78 Å². The first-order chi connectivity index (χ1) is 8.97. The zero-order valence-corrected chi connectivity index (χ0v) is 11.2. The van der Waals surface area contributed by atoms with Gasteiger partial charge in [-0.2, -0.15) is 0 Å². The molecule has 0 aromatic heterocycles. The van der Waals surface area contributed by atoms with Crippen LogP contribution in [0.4, 0.5) is 8.78 Å². The van der Waals surface area contributed by atoms with E-state index < -0.39 is 11.6 Å². The molecule has 100 valence electrons. The monoisotopic (exact) mass is 281 g/mol. The first-order valence-electron chi connectivity index (χ1n) is 5.93. The smallest absolute Gasteiger partial charge is 0.129 e. The third-order valence-corrected chi connectivity index (χ3v) is 3.49. The van der Waals surface area contributed by atoms with Gasteiger partial charge in [-0.1, -0.05) is 29.8 Å². The van der Waals surface area contributed by atoms with Crippen molar-refractivity contribution in [1.82, 2.24) is 0 Å². The Kier molecular flexibility index (Phi) is 4.17. The summed E-state index contributed by atoms with van der Waals surface area (Å²) >= 11 is 6.03. The molecule has 2 rings (SSSR count). The largest absolute Gasteiger partial charge is 0.324 e. The molecular formula is C15H14ClF2N. The Balaban J connectivity index is 2.20.